The van der Waals surface area contributed by atoms with E-state index in [9.17, 15) is 0 Å². The van der Waals surface area contributed by atoms with Gasteiger partial charge in [0.2, 0.25) is 0 Å². The standard InChI is InChI=1S/C19H29N/c1-6-8-9-18-10-12-19(13-11-18)16(4)17(5)20-14-15(3)7-2/h10-15H,6-9H2,1-5H3/b17-16+,20-14?. The molecule has 0 aliphatic heterocycles. The Morgan fingerprint density at radius 2 is 1.80 bits per heavy atom. The molecule has 1 atom stereocenters. The molecular formula is C19H29N. The molecule has 0 heterocycles. The number of aryl methyl sites for hydroxylation is 1. The summed E-state index contributed by atoms with van der Waals surface area (Å²) in [4.78, 5) is 4.60. The Bertz CT molecular complexity index is 451. The van der Waals surface area contributed by atoms with Gasteiger partial charge < -0.3 is 0 Å². The van der Waals surface area contributed by atoms with Crippen molar-refractivity contribution in [2.24, 2.45) is 10.9 Å². The summed E-state index contributed by atoms with van der Waals surface area (Å²) in [7, 11) is 0. The molecule has 0 bridgehead atoms. The first-order chi connectivity index (χ1) is 9.58. The van der Waals surface area contributed by atoms with Crippen molar-refractivity contribution in [3.63, 3.8) is 0 Å². The Morgan fingerprint density at radius 3 is 2.35 bits per heavy atom. The zero-order valence-corrected chi connectivity index (χ0v) is 13.7. The minimum Gasteiger partial charge on any atom is -0.265 e. The number of nitrogens with zero attached hydrogens (tertiary/aromatic N) is 1. The van der Waals surface area contributed by atoms with Gasteiger partial charge in [0.1, 0.15) is 0 Å². The predicted octanol–water partition coefficient (Wildman–Crippen LogP) is 5.90. The smallest absolute Gasteiger partial charge is 0.0403 e. The summed E-state index contributed by atoms with van der Waals surface area (Å²) in [5.41, 5.74) is 5.10. The van der Waals surface area contributed by atoms with Crippen LogP contribution in [0.2, 0.25) is 0 Å². The molecule has 1 unspecified atom stereocenters. The van der Waals surface area contributed by atoms with Crippen molar-refractivity contribution in [3.05, 3.63) is 41.1 Å². The van der Waals surface area contributed by atoms with Crippen molar-refractivity contribution in [2.45, 2.75) is 60.3 Å². The molecule has 1 aromatic rings. The van der Waals surface area contributed by atoms with Crippen LogP contribution in [0.1, 0.15) is 65.0 Å². The summed E-state index contributed by atoms with van der Waals surface area (Å²) in [5.74, 6) is 0.550. The summed E-state index contributed by atoms with van der Waals surface area (Å²) in [5, 5.41) is 0. The molecule has 0 N–H and O–H groups in total. The largest absolute Gasteiger partial charge is 0.265 e. The average molecular weight is 271 g/mol. The maximum atomic E-state index is 4.60. The summed E-state index contributed by atoms with van der Waals surface area (Å²) in [6.45, 7) is 10.9. The highest BCUT2D eigenvalue weighted by Crippen LogP contribution is 2.20. The topological polar surface area (TPSA) is 12.4 Å². The van der Waals surface area contributed by atoms with Crippen molar-refractivity contribution in [2.75, 3.05) is 0 Å². The van der Waals surface area contributed by atoms with E-state index in [0.29, 0.717) is 5.92 Å². The van der Waals surface area contributed by atoms with Crippen LogP contribution in [0.25, 0.3) is 5.57 Å². The van der Waals surface area contributed by atoms with Gasteiger partial charge in [-0.15, -0.1) is 0 Å². The molecule has 1 aromatic carbocycles. The van der Waals surface area contributed by atoms with E-state index in [1.807, 2.05) is 0 Å². The molecule has 0 saturated carbocycles. The molecular weight excluding hydrogens is 242 g/mol. The molecule has 1 rings (SSSR count). The summed E-state index contributed by atoms with van der Waals surface area (Å²) in [6, 6.07) is 8.95. The molecule has 0 radical (unpaired) electrons. The van der Waals surface area contributed by atoms with Gasteiger partial charge in [-0.25, -0.2) is 0 Å². The number of aliphatic imine (C=N–C) groups is 1. The molecule has 1 nitrogen and oxygen atoms in total. The van der Waals surface area contributed by atoms with Gasteiger partial charge in [-0.2, -0.15) is 0 Å². The van der Waals surface area contributed by atoms with E-state index in [2.05, 4.69) is 70.1 Å². The Morgan fingerprint density at radius 1 is 1.15 bits per heavy atom. The lowest BCUT2D eigenvalue weighted by molar-refractivity contribution is 0.753. The van der Waals surface area contributed by atoms with Gasteiger partial charge in [-0.3, -0.25) is 4.99 Å². The van der Waals surface area contributed by atoms with E-state index < -0.39 is 0 Å². The first-order valence-electron chi connectivity index (χ1n) is 7.89. The zero-order chi connectivity index (χ0) is 15.0. The number of hydrogen-bond acceptors (Lipinski definition) is 1. The summed E-state index contributed by atoms with van der Waals surface area (Å²) >= 11 is 0. The number of rotatable bonds is 7. The van der Waals surface area contributed by atoms with E-state index in [1.165, 1.54) is 36.0 Å². The molecule has 0 aromatic heterocycles. The molecule has 0 fully saturated rings. The van der Waals surface area contributed by atoms with Gasteiger partial charge in [-0.05, 0) is 55.7 Å². The number of unbranched alkanes of at least 4 members (excludes halogenated alkanes) is 1. The van der Waals surface area contributed by atoms with Crippen LogP contribution in [0.3, 0.4) is 0 Å². The summed E-state index contributed by atoms with van der Waals surface area (Å²) < 4.78 is 0. The minimum absolute atomic E-state index is 0.550. The van der Waals surface area contributed by atoms with Crippen LogP contribution < -0.4 is 0 Å². The lowest BCUT2D eigenvalue weighted by atomic mass is 10.0. The predicted molar refractivity (Wildman–Crippen MR) is 91.3 cm³/mol. The van der Waals surface area contributed by atoms with Crippen LogP contribution in [0.5, 0.6) is 0 Å². The molecule has 0 aliphatic rings. The molecule has 20 heavy (non-hydrogen) atoms. The normalized spacial score (nSPS) is 14.4. The first kappa shape index (κ1) is 16.7. The van der Waals surface area contributed by atoms with Crippen molar-refractivity contribution in [3.8, 4) is 0 Å². The molecule has 1 heteroatoms. The van der Waals surface area contributed by atoms with E-state index in [4.69, 9.17) is 0 Å². The second-order valence-corrected chi connectivity index (χ2v) is 5.67. The molecule has 0 spiro atoms. The van der Waals surface area contributed by atoms with Crippen molar-refractivity contribution < 1.29 is 0 Å². The maximum absolute atomic E-state index is 4.60. The van der Waals surface area contributed by atoms with Crippen molar-refractivity contribution in [1.29, 1.82) is 0 Å². The third-order valence-corrected chi connectivity index (χ3v) is 3.92. The molecule has 0 saturated heterocycles. The SMILES string of the molecule is CCCCc1ccc(/C(C)=C(\C)N=CC(C)CC)cc1. The highest BCUT2D eigenvalue weighted by atomic mass is 14.7. The average Bonchev–Trinajstić information content (AvgIpc) is 2.49. The number of benzene rings is 1. The Hall–Kier alpha value is -1.37. The fraction of sp³-hybridized carbons (Fsp3) is 0.526. The van der Waals surface area contributed by atoms with Gasteiger partial charge in [-0.1, -0.05) is 51.5 Å². The van der Waals surface area contributed by atoms with Gasteiger partial charge in [0.25, 0.3) is 0 Å². The summed E-state index contributed by atoms with van der Waals surface area (Å²) in [6.07, 6.45) is 6.91. The van der Waals surface area contributed by atoms with Crippen LogP contribution >= 0.6 is 0 Å². The van der Waals surface area contributed by atoms with E-state index in [-0.39, 0.29) is 0 Å². The van der Waals surface area contributed by atoms with Gasteiger partial charge in [0, 0.05) is 11.9 Å². The quantitative estimate of drug-likeness (QED) is 0.548. The minimum atomic E-state index is 0.550. The van der Waals surface area contributed by atoms with Gasteiger partial charge in [0.05, 0.1) is 0 Å². The molecule has 0 amide bonds. The fourth-order valence-electron chi connectivity index (χ4n) is 1.95. The van der Waals surface area contributed by atoms with Crippen LogP contribution in [0.4, 0.5) is 0 Å². The lowest BCUT2D eigenvalue weighted by Gasteiger charge is -2.07. The van der Waals surface area contributed by atoms with Crippen LogP contribution in [-0.2, 0) is 6.42 Å². The Kier molecular flexibility index (Phi) is 7.28. The van der Waals surface area contributed by atoms with E-state index >= 15 is 0 Å². The number of hydrogen-bond donors (Lipinski definition) is 0. The van der Waals surface area contributed by atoms with Crippen molar-refractivity contribution in [1.82, 2.24) is 0 Å². The highest BCUT2D eigenvalue weighted by Gasteiger charge is 2.01. The fourth-order valence-corrected chi connectivity index (χ4v) is 1.95. The van der Waals surface area contributed by atoms with Crippen LogP contribution in [0, 0.1) is 5.92 Å². The number of allylic oxidation sites excluding steroid dienone is 2. The first-order valence-corrected chi connectivity index (χ1v) is 7.89. The second-order valence-electron chi connectivity index (χ2n) is 5.67. The zero-order valence-electron chi connectivity index (χ0n) is 13.7. The van der Waals surface area contributed by atoms with E-state index in [1.54, 1.807) is 0 Å². The lowest BCUT2D eigenvalue weighted by Crippen LogP contribution is -1.93. The third-order valence-electron chi connectivity index (χ3n) is 3.92. The third kappa shape index (κ3) is 5.32. The van der Waals surface area contributed by atoms with Gasteiger partial charge in [0.15, 0.2) is 0 Å². The Balaban J connectivity index is 2.79. The monoisotopic (exact) mass is 271 g/mol. The highest BCUT2D eigenvalue weighted by molar-refractivity contribution is 5.70. The maximum Gasteiger partial charge on any atom is 0.0403 e. The Labute approximate surface area is 124 Å². The van der Waals surface area contributed by atoms with Gasteiger partial charge >= 0.3 is 0 Å². The van der Waals surface area contributed by atoms with E-state index in [0.717, 1.165) is 12.1 Å². The molecule has 110 valence electrons. The van der Waals surface area contributed by atoms with Crippen LogP contribution in [-0.4, -0.2) is 6.21 Å². The van der Waals surface area contributed by atoms with Crippen LogP contribution in [0.15, 0.2) is 35.0 Å². The second kappa shape index (κ2) is 8.73. The van der Waals surface area contributed by atoms with Crippen molar-refractivity contribution >= 4 is 11.8 Å². The molecule has 0 aliphatic carbocycles.